The molecule has 1 heterocycles. The zero-order valence-corrected chi connectivity index (χ0v) is 7.38. The number of nitrogen functional groups attached to an aromatic ring is 1. The van der Waals surface area contributed by atoms with Crippen molar-refractivity contribution in [2.45, 2.75) is 12.8 Å². The molecule has 0 fully saturated rings. The first-order chi connectivity index (χ1) is 5.75. The number of hydrogen-bond donors (Lipinski definition) is 2. The standard InChI is InChI=1S/C7H11ClN4/c8-6-5(2-1-3-9)7(10)12-4-11-6/h4H,1-3,9H2,(H2,10,11,12). The van der Waals surface area contributed by atoms with Gasteiger partial charge in [0.25, 0.3) is 0 Å². The van der Waals surface area contributed by atoms with Crippen LogP contribution in [0.5, 0.6) is 0 Å². The average molecular weight is 187 g/mol. The number of hydrogen-bond acceptors (Lipinski definition) is 4. The molecule has 1 rings (SSSR count). The van der Waals surface area contributed by atoms with Crippen LogP contribution < -0.4 is 11.5 Å². The average Bonchev–Trinajstić information content (AvgIpc) is 2.04. The van der Waals surface area contributed by atoms with E-state index in [0.29, 0.717) is 17.5 Å². The van der Waals surface area contributed by atoms with Crippen LogP contribution in [0.25, 0.3) is 0 Å². The molecule has 1 aromatic heterocycles. The maximum atomic E-state index is 5.79. The fourth-order valence-corrected chi connectivity index (χ4v) is 1.15. The van der Waals surface area contributed by atoms with E-state index >= 15 is 0 Å². The molecule has 0 amide bonds. The Labute approximate surface area is 75.9 Å². The van der Waals surface area contributed by atoms with Gasteiger partial charge in [0.2, 0.25) is 0 Å². The Hall–Kier alpha value is -0.870. The topological polar surface area (TPSA) is 77.8 Å². The molecule has 66 valence electrons. The van der Waals surface area contributed by atoms with Gasteiger partial charge in [-0.25, -0.2) is 9.97 Å². The third-order valence-corrected chi connectivity index (χ3v) is 1.88. The second kappa shape index (κ2) is 4.23. The van der Waals surface area contributed by atoms with Gasteiger partial charge in [-0.3, -0.25) is 0 Å². The molecule has 0 aliphatic rings. The number of anilines is 1. The summed E-state index contributed by atoms with van der Waals surface area (Å²) >= 11 is 5.79. The van der Waals surface area contributed by atoms with Gasteiger partial charge in [-0.15, -0.1) is 0 Å². The molecule has 0 aromatic carbocycles. The maximum absolute atomic E-state index is 5.79. The molecule has 0 bridgehead atoms. The lowest BCUT2D eigenvalue weighted by molar-refractivity contribution is 0.826. The Morgan fingerprint density at radius 2 is 2.17 bits per heavy atom. The highest BCUT2D eigenvalue weighted by atomic mass is 35.5. The molecule has 0 radical (unpaired) electrons. The quantitative estimate of drug-likeness (QED) is 0.678. The number of aromatic nitrogens is 2. The summed E-state index contributed by atoms with van der Waals surface area (Å²) in [5.74, 6) is 0.448. The third-order valence-electron chi connectivity index (χ3n) is 1.56. The molecule has 0 saturated heterocycles. The van der Waals surface area contributed by atoms with Gasteiger partial charge >= 0.3 is 0 Å². The van der Waals surface area contributed by atoms with Crippen molar-refractivity contribution in [2.75, 3.05) is 12.3 Å². The van der Waals surface area contributed by atoms with Gasteiger partial charge < -0.3 is 11.5 Å². The fourth-order valence-electron chi connectivity index (χ4n) is 0.913. The summed E-state index contributed by atoms with van der Waals surface area (Å²) in [6, 6.07) is 0. The molecule has 0 saturated carbocycles. The summed E-state index contributed by atoms with van der Waals surface area (Å²) in [7, 11) is 0. The van der Waals surface area contributed by atoms with E-state index in [9.17, 15) is 0 Å². The zero-order chi connectivity index (χ0) is 8.97. The van der Waals surface area contributed by atoms with E-state index in [-0.39, 0.29) is 0 Å². The predicted octanol–water partition coefficient (Wildman–Crippen LogP) is 0.604. The molecule has 1 aromatic rings. The van der Waals surface area contributed by atoms with Gasteiger partial charge in [-0.05, 0) is 19.4 Å². The van der Waals surface area contributed by atoms with Gasteiger partial charge in [-0.2, -0.15) is 0 Å². The second-order valence-corrected chi connectivity index (χ2v) is 2.78. The van der Waals surface area contributed by atoms with Crippen LogP contribution in [-0.2, 0) is 6.42 Å². The van der Waals surface area contributed by atoms with E-state index in [1.54, 1.807) is 0 Å². The van der Waals surface area contributed by atoms with Gasteiger partial charge in [0, 0.05) is 5.56 Å². The molecule has 5 heteroatoms. The van der Waals surface area contributed by atoms with E-state index in [4.69, 9.17) is 23.1 Å². The zero-order valence-electron chi connectivity index (χ0n) is 6.63. The lowest BCUT2D eigenvalue weighted by Crippen LogP contribution is -2.04. The van der Waals surface area contributed by atoms with Crippen molar-refractivity contribution in [3.05, 3.63) is 17.0 Å². The summed E-state index contributed by atoms with van der Waals surface area (Å²) in [6.45, 7) is 0.616. The summed E-state index contributed by atoms with van der Waals surface area (Å²) in [5.41, 5.74) is 11.7. The first kappa shape index (κ1) is 9.22. The van der Waals surface area contributed by atoms with Crippen molar-refractivity contribution in [2.24, 2.45) is 5.73 Å². The van der Waals surface area contributed by atoms with Crippen LogP contribution in [0, 0.1) is 0 Å². The first-order valence-electron chi connectivity index (χ1n) is 3.70. The molecule has 4 nitrogen and oxygen atoms in total. The normalized spacial score (nSPS) is 10.2. The SMILES string of the molecule is NCCCc1c(N)ncnc1Cl. The van der Waals surface area contributed by atoms with Crippen LogP contribution in [0.1, 0.15) is 12.0 Å². The van der Waals surface area contributed by atoms with Gasteiger partial charge in [0.1, 0.15) is 17.3 Å². The number of halogens is 1. The summed E-state index contributed by atoms with van der Waals surface area (Å²) in [6.07, 6.45) is 2.93. The molecular weight excluding hydrogens is 176 g/mol. The lowest BCUT2D eigenvalue weighted by atomic mass is 10.2. The van der Waals surface area contributed by atoms with Gasteiger partial charge in [-0.1, -0.05) is 11.6 Å². The van der Waals surface area contributed by atoms with E-state index in [1.807, 2.05) is 0 Å². The highest BCUT2D eigenvalue weighted by molar-refractivity contribution is 6.30. The van der Waals surface area contributed by atoms with Crippen molar-refractivity contribution in [1.29, 1.82) is 0 Å². The molecule has 0 aliphatic heterocycles. The minimum absolute atomic E-state index is 0.427. The van der Waals surface area contributed by atoms with Crippen molar-refractivity contribution < 1.29 is 0 Å². The molecule has 0 aliphatic carbocycles. The third kappa shape index (κ3) is 2.06. The fraction of sp³-hybridized carbons (Fsp3) is 0.429. The summed E-state index contributed by atoms with van der Waals surface area (Å²) < 4.78 is 0. The Balaban J connectivity index is 2.81. The second-order valence-electron chi connectivity index (χ2n) is 2.42. The summed E-state index contributed by atoms with van der Waals surface area (Å²) in [5, 5.41) is 0.427. The minimum atomic E-state index is 0.427. The van der Waals surface area contributed by atoms with Gasteiger partial charge in [0.05, 0.1) is 0 Å². The Morgan fingerprint density at radius 3 is 2.75 bits per heavy atom. The molecule has 0 unspecified atom stereocenters. The van der Waals surface area contributed by atoms with Gasteiger partial charge in [0.15, 0.2) is 0 Å². The Kier molecular flexibility index (Phi) is 3.25. The highest BCUT2D eigenvalue weighted by Gasteiger charge is 2.05. The van der Waals surface area contributed by atoms with Crippen molar-refractivity contribution in [3.63, 3.8) is 0 Å². The summed E-state index contributed by atoms with van der Waals surface area (Å²) in [4.78, 5) is 7.66. The van der Waals surface area contributed by atoms with Crippen molar-refractivity contribution in [1.82, 2.24) is 9.97 Å². The van der Waals surface area contributed by atoms with Crippen molar-refractivity contribution in [3.8, 4) is 0 Å². The number of rotatable bonds is 3. The van der Waals surface area contributed by atoms with Crippen LogP contribution in [0.4, 0.5) is 5.82 Å². The monoisotopic (exact) mass is 186 g/mol. The highest BCUT2D eigenvalue weighted by Crippen LogP contribution is 2.18. The van der Waals surface area contributed by atoms with E-state index in [1.165, 1.54) is 6.33 Å². The van der Waals surface area contributed by atoms with Crippen molar-refractivity contribution >= 4 is 17.4 Å². The maximum Gasteiger partial charge on any atom is 0.137 e. The van der Waals surface area contributed by atoms with Crippen LogP contribution in [0.2, 0.25) is 5.15 Å². The lowest BCUT2D eigenvalue weighted by Gasteiger charge is -2.03. The first-order valence-corrected chi connectivity index (χ1v) is 4.08. The van der Waals surface area contributed by atoms with Crippen LogP contribution >= 0.6 is 11.6 Å². The van der Waals surface area contributed by atoms with Crippen LogP contribution in [0.3, 0.4) is 0 Å². The molecule has 0 atom stereocenters. The van der Waals surface area contributed by atoms with E-state index < -0.39 is 0 Å². The predicted molar refractivity (Wildman–Crippen MR) is 48.8 cm³/mol. The number of nitrogens with zero attached hydrogens (tertiary/aromatic N) is 2. The minimum Gasteiger partial charge on any atom is -0.383 e. The Bertz CT molecular complexity index is 243. The van der Waals surface area contributed by atoms with Crippen LogP contribution in [0.15, 0.2) is 6.33 Å². The van der Waals surface area contributed by atoms with Crippen LogP contribution in [-0.4, -0.2) is 16.5 Å². The molecule has 4 N–H and O–H groups in total. The molecular formula is C7H11ClN4. The van der Waals surface area contributed by atoms with E-state index in [2.05, 4.69) is 9.97 Å². The van der Waals surface area contributed by atoms with E-state index in [0.717, 1.165) is 18.4 Å². The molecule has 12 heavy (non-hydrogen) atoms. The Morgan fingerprint density at radius 1 is 1.42 bits per heavy atom. The largest absolute Gasteiger partial charge is 0.383 e. The smallest absolute Gasteiger partial charge is 0.137 e. The molecule has 0 spiro atoms. The number of nitrogens with two attached hydrogens (primary N) is 2.